The maximum atomic E-state index is 12.7. The van der Waals surface area contributed by atoms with Crippen molar-refractivity contribution in [3.8, 4) is 0 Å². The largest absolute Gasteiger partial charge is 0.293 e. The highest BCUT2D eigenvalue weighted by Gasteiger charge is 2.35. The Balaban J connectivity index is 1.60. The lowest BCUT2D eigenvalue weighted by Crippen LogP contribution is -2.27. The molecule has 0 bridgehead atoms. The van der Waals surface area contributed by atoms with E-state index >= 15 is 0 Å². The highest BCUT2D eigenvalue weighted by molar-refractivity contribution is 14.1. The number of thioether (sulfide) groups is 1. The number of carbonyl (C=O) groups is 2. The summed E-state index contributed by atoms with van der Waals surface area (Å²) in [6.07, 6.45) is 1.80. The van der Waals surface area contributed by atoms with Crippen LogP contribution >= 0.6 is 34.4 Å². The Kier molecular flexibility index (Phi) is 4.82. The molecule has 1 aliphatic heterocycles. The topological polar surface area (TPSA) is 37.4 Å². The van der Waals surface area contributed by atoms with E-state index in [2.05, 4.69) is 22.6 Å². The molecule has 4 rings (SSSR count). The molecule has 0 N–H and O–H groups in total. The summed E-state index contributed by atoms with van der Waals surface area (Å²) in [5, 5.41) is 2.02. The van der Waals surface area contributed by atoms with Crippen LogP contribution in [0.1, 0.15) is 11.1 Å². The van der Waals surface area contributed by atoms with Crippen LogP contribution in [0.3, 0.4) is 0 Å². The minimum atomic E-state index is -0.229. The standard InChI is InChI=1S/C21H14INO2S/c22-18-8-4-3-7-17(18)12-19-20(24)23(21(25)26-19)13-14-9-10-15-5-1-2-6-16(15)11-14/h1-12H,13H2/b19-12-. The smallest absolute Gasteiger partial charge is 0.268 e. The fourth-order valence-electron chi connectivity index (χ4n) is 2.89. The van der Waals surface area contributed by atoms with Crippen LogP contribution in [0.25, 0.3) is 16.8 Å². The summed E-state index contributed by atoms with van der Waals surface area (Å²) < 4.78 is 1.05. The van der Waals surface area contributed by atoms with Gasteiger partial charge in [0, 0.05) is 3.57 Å². The van der Waals surface area contributed by atoms with Gasteiger partial charge in [-0.25, -0.2) is 0 Å². The molecule has 0 spiro atoms. The van der Waals surface area contributed by atoms with Gasteiger partial charge in [0.2, 0.25) is 0 Å². The van der Waals surface area contributed by atoms with Gasteiger partial charge in [-0.2, -0.15) is 0 Å². The zero-order chi connectivity index (χ0) is 18.1. The molecule has 3 aromatic carbocycles. The number of halogens is 1. The third-order valence-corrected chi connectivity index (χ3v) is 6.11. The number of amides is 2. The SMILES string of the molecule is O=C1S/C(=C\c2ccccc2I)C(=O)N1Cc1ccc2ccccc2c1. The van der Waals surface area contributed by atoms with Crippen molar-refractivity contribution in [1.29, 1.82) is 0 Å². The molecular weight excluding hydrogens is 457 g/mol. The number of imide groups is 1. The zero-order valence-electron chi connectivity index (χ0n) is 13.7. The molecule has 0 saturated carbocycles. The van der Waals surface area contributed by atoms with E-state index in [-0.39, 0.29) is 11.1 Å². The summed E-state index contributed by atoms with van der Waals surface area (Å²) in [4.78, 5) is 26.9. The first kappa shape index (κ1) is 17.3. The van der Waals surface area contributed by atoms with Gasteiger partial charge in [-0.3, -0.25) is 14.5 Å². The van der Waals surface area contributed by atoms with E-state index in [0.29, 0.717) is 11.4 Å². The second-order valence-corrected chi connectivity index (χ2v) is 8.13. The van der Waals surface area contributed by atoms with Gasteiger partial charge in [0.15, 0.2) is 0 Å². The first-order valence-electron chi connectivity index (χ1n) is 8.09. The first-order chi connectivity index (χ1) is 12.6. The van der Waals surface area contributed by atoms with Crippen molar-refractivity contribution in [3.63, 3.8) is 0 Å². The molecule has 5 heteroatoms. The average Bonchev–Trinajstić information content (AvgIpc) is 2.91. The van der Waals surface area contributed by atoms with E-state index in [9.17, 15) is 9.59 Å². The van der Waals surface area contributed by atoms with Crippen molar-refractivity contribution in [3.05, 3.63) is 86.3 Å². The lowest BCUT2D eigenvalue weighted by molar-refractivity contribution is -0.123. The Labute approximate surface area is 169 Å². The minimum Gasteiger partial charge on any atom is -0.268 e. The molecule has 2 amide bonds. The molecule has 3 aromatic rings. The fraction of sp³-hybridized carbons (Fsp3) is 0.0476. The van der Waals surface area contributed by atoms with E-state index in [0.717, 1.165) is 37.2 Å². The molecule has 1 saturated heterocycles. The molecule has 1 fully saturated rings. The van der Waals surface area contributed by atoms with Crippen molar-refractivity contribution in [1.82, 2.24) is 4.90 Å². The molecule has 0 aromatic heterocycles. The predicted octanol–water partition coefficient (Wildman–Crippen LogP) is 5.68. The molecule has 26 heavy (non-hydrogen) atoms. The van der Waals surface area contributed by atoms with Crippen molar-refractivity contribution in [2.45, 2.75) is 6.54 Å². The summed E-state index contributed by atoms with van der Waals surface area (Å²) in [5.74, 6) is -0.229. The van der Waals surface area contributed by atoms with E-state index < -0.39 is 0 Å². The van der Waals surface area contributed by atoms with Crippen LogP contribution in [0.15, 0.2) is 71.6 Å². The zero-order valence-corrected chi connectivity index (χ0v) is 16.7. The number of benzene rings is 3. The van der Waals surface area contributed by atoms with Crippen LogP contribution in [0.2, 0.25) is 0 Å². The molecule has 1 heterocycles. The summed E-state index contributed by atoms with van der Waals surface area (Å²) in [5.41, 5.74) is 1.89. The van der Waals surface area contributed by atoms with Crippen LogP contribution < -0.4 is 0 Å². The maximum Gasteiger partial charge on any atom is 0.293 e. The van der Waals surface area contributed by atoms with Gasteiger partial charge >= 0.3 is 0 Å². The van der Waals surface area contributed by atoms with Crippen LogP contribution in [0.5, 0.6) is 0 Å². The molecule has 3 nitrogen and oxygen atoms in total. The molecular formula is C21H14INO2S. The quantitative estimate of drug-likeness (QED) is 0.365. The van der Waals surface area contributed by atoms with Gasteiger partial charge in [0.25, 0.3) is 11.1 Å². The molecule has 0 radical (unpaired) electrons. The maximum absolute atomic E-state index is 12.7. The Bertz CT molecular complexity index is 1060. The van der Waals surface area contributed by atoms with Crippen LogP contribution in [0, 0.1) is 3.57 Å². The first-order valence-corrected chi connectivity index (χ1v) is 9.99. The second kappa shape index (κ2) is 7.25. The van der Waals surface area contributed by atoms with Crippen molar-refractivity contribution in [2.24, 2.45) is 0 Å². The predicted molar refractivity (Wildman–Crippen MR) is 115 cm³/mol. The van der Waals surface area contributed by atoms with Crippen molar-refractivity contribution >= 4 is 62.3 Å². The van der Waals surface area contributed by atoms with Crippen molar-refractivity contribution < 1.29 is 9.59 Å². The van der Waals surface area contributed by atoms with Crippen molar-refractivity contribution in [2.75, 3.05) is 0 Å². The monoisotopic (exact) mass is 471 g/mol. The van der Waals surface area contributed by atoms with Crippen LogP contribution in [-0.2, 0) is 11.3 Å². The number of fused-ring (bicyclic) bond motifs is 1. The molecule has 0 aliphatic carbocycles. The summed E-state index contributed by atoms with van der Waals surface area (Å²) in [6.45, 7) is 0.290. The van der Waals surface area contributed by atoms with E-state index in [1.165, 1.54) is 4.90 Å². The Morgan fingerprint density at radius 3 is 2.46 bits per heavy atom. The summed E-state index contributed by atoms with van der Waals surface area (Å²) >= 11 is 3.23. The lowest BCUT2D eigenvalue weighted by Gasteiger charge is -2.13. The van der Waals surface area contributed by atoms with Gasteiger partial charge in [-0.15, -0.1) is 0 Å². The highest BCUT2D eigenvalue weighted by Crippen LogP contribution is 2.34. The normalized spacial score (nSPS) is 16.0. The molecule has 0 unspecified atom stereocenters. The van der Waals surface area contributed by atoms with Gasteiger partial charge in [0.1, 0.15) is 0 Å². The van der Waals surface area contributed by atoms with Gasteiger partial charge < -0.3 is 0 Å². The van der Waals surface area contributed by atoms with Gasteiger partial charge in [-0.05, 0) is 74.5 Å². The third kappa shape index (κ3) is 3.41. The van der Waals surface area contributed by atoms with E-state index in [1.54, 1.807) is 6.08 Å². The van der Waals surface area contributed by atoms with Crippen LogP contribution in [0.4, 0.5) is 4.79 Å². The summed E-state index contributed by atoms with van der Waals surface area (Å²) in [6, 6.07) is 21.9. The highest BCUT2D eigenvalue weighted by atomic mass is 127. The lowest BCUT2D eigenvalue weighted by atomic mass is 10.1. The Hall–Kier alpha value is -2.12. The number of rotatable bonds is 3. The Morgan fingerprint density at radius 2 is 1.65 bits per heavy atom. The number of hydrogen-bond acceptors (Lipinski definition) is 3. The van der Waals surface area contributed by atoms with Gasteiger partial charge in [0.05, 0.1) is 11.4 Å². The third-order valence-electron chi connectivity index (χ3n) is 4.22. The number of nitrogens with zero attached hydrogens (tertiary/aromatic N) is 1. The number of carbonyl (C=O) groups excluding carboxylic acids is 2. The minimum absolute atomic E-state index is 0.222. The van der Waals surface area contributed by atoms with E-state index in [4.69, 9.17) is 0 Å². The molecule has 1 aliphatic rings. The average molecular weight is 471 g/mol. The van der Waals surface area contributed by atoms with E-state index in [1.807, 2.05) is 66.7 Å². The molecule has 0 atom stereocenters. The fourth-order valence-corrected chi connectivity index (χ4v) is 4.26. The Morgan fingerprint density at radius 1 is 0.923 bits per heavy atom. The summed E-state index contributed by atoms with van der Waals surface area (Å²) in [7, 11) is 0. The van der Waals surface area contributed by atoms with Gasteiger partial charge in [-0.1, -0.05) is 54.6 Å². The van der Waals surface area contributed by atoms with Crippen LogP contribution in [-0.4, -0.2) is 16.0 Å². The second-order valence-electron chi connectivity index (χ2n) is 5.97. The number of hydrogen-bond donors (Lipinski definition) is 0. The molecule has 128 valence electrons.